The van der Waals surface area contributed by atoms with Gasteiger partial charge in [-0.3, -0.25) is 4.79 Å². The maximum absolute atomic E-state index is 12.4. The Labute approximate surface area is 200 Å². The third kappa shape index (κ3) is 8.05. The number of carboxylic acid groups (broad SMARTS) is 1. The third-order valence-corrected chi connectivity index (χ3v) is 5.39. The molecule has 1 N–H and O–H groups in total. The van der Waals surface area contributed by atoms with Gasteiger partial charge in [-0.15, -0.1) is 0 Å². The first kappa shape index (κ1) is 25.0. The molecule has 6 nitrogen and oxygen atoms in total. The van der Waals surface area contributed by atoms with E-state index in [9.17, 15) is 9.59 Å². The number of hydrogen-bond acceptors (Lipinski definition) is 5. The molecule has 0 radical (unpaired) electrons. The van der Waals surface area contributed by atoms with Crippen LogP contribution in [0.1, 0.15) is 34.3 Å². The molecule has 3 aromatic carbocycles. The molecule has 3 aromatic rings. The zero-order valence-corrected chi connectivity index (χ0v) is 19.3. The van der Waals surface area contributed by atoms with Crippen molar-refractivity contribution in [2.45, 2.75) is 31.8 Å². The van der Waals surface area contributed by atoms with Crippen LogP contribution in [0.5, 0.6) is 11.5 Å². The first-order valence-corrected chi connectivity index (χ1v) is 11.3. The van der Waals surface area contributed by atoms with E-state index in [-0.39, 0.29) is 5.78 Å². The van der Waals surface area contributed by atoms with Gasteiger partial charge in [0.2, 0.25) is 0 Å². The first-order valence-electron chi connectivity index (χ1n) is 11.3. The second kappa shape index (κ2) is 13.2. The fourth-order valence-electron chi connectivity index (χ4n) is 3.43. The Hall–Kier alpha value is -3.64. The van der Waals surface area contributed by atoms with E-state index < -0.39 is 12.1 Å². The fourth-order valence-corrected chi connectivity index (χ4v) is 3.43. The van der Waals surface area contributed by atoms with Crippen molar-refractivity contribution in [3.05, 3.63) is 95.6 Å². The molecular weight excluding hydrogens is 432 g/mol. The van der Waals surface area contributed by atoms with Gasteiger partial charge < -0.3 is 19.3 Å². The highest BCUT2D eigenvalue weighted by molar-refractivity contribution is 5.96. The Morgan fingerprint density at radius 2 is 1.38 bits per heavy atom. The number of carbonyl (C=O) groups excluding carboxylic acids is 1. The molecule has 1 unspecified atom stereocenters. The van der Waals surface area contributed by atoms with Crippen molar-refractivity contribution in [1.82, 2.24) is 0 Å². The van der Waals surface area contributed by atoms with E-state index in [0.717, 1.165) is 23.3 Å². The molecule has 0 aromatic heterocycles. The lowest BCUT2D eigenvalue weighted by molar-refractivity contribution is -0.148. The predicted molar refractivity (Wildman–Crippen MR) is 130 cm³/mol. The highest BCUT2D eigenvalue weighted by atomic mass is 16.5. The van der Waals surface area contributed by atoms with Crippen molar-refractivity contribution in [3.8, 4) is 11.5 Å². The summed E-state index contributed by atoms with van der Waals surface area (Å²) in [5.74, 6) is 0.573. The minimum atomic E-state index is -0.980. The molecule has 0 heterocycles. The number of Topliss-reactive ketones (excluding diaryl/α,β-unsaturated/α-hetero) is 1. The van der Waals surface area contributed by atoms with Gasteiger partial charge in [0.05, 0.1) is 13.2 Å². The van der Waals surface area contributed by atoms with Crippen LogP contribution in [0.25, 0.3) is 0 Å². The van der Waals surface area contributed by atoms with Crippen molar-refractivity contribution in [1.29, 1.82) is 0 Å². The molecular formula is C28H30O6. The lowest BCUT2D eigenvalue weighted by Crippen LogP contribution is -2.24. The van der Waals surface area contributed by atoms with Crippen LogP contribution in [0.2, 0.25) is 0 Å². The zero-order chi connectivity index (χ0) is 24.2. The van der Waals surface area contributed by atoms with E-state index >= 15 is 0 Å². The quantitative estimate of drug-likeness (QED) is 0.268. The van der Waals surface area contributed by atoms with Crippen LogP contribution in [-0.2, 0) is 22.4 Å². The minimum absolute atomic E-state index is 0.121. The highest BCUT2D eigenvalue weighted by Gasteiger charge is 2.16. The Morgan fingerprint density at radius 1 is 0.794 bits per heavy atom. The Balaban J connectivity index is 1.34. The van der Waals surface area contributed by atoms with Gasteiger partial charge >= 0.3 is 5.97 Å². The van der Waals surface area contributed by atoms with Crippen LogP contribution >= 0.6 is 0 Å². The van der Waals surface area contributed by atoms with Crippen molar-refractivity contribution in [2.75, 3.05) is 20.3 Å². The second-order valence-corrected chi connectivity index (χ2v) is 7.89. The fraction of sp³-hybridized carbons (Fsp3) is 0.286. The lowest BCUT2D eigenvalue weighted by Gasteiger charge is -2.11. The van der Waals surface area contributed by atoms with E-state index in [1.165, 1.54) is 7.11 Å². The highest BCUT2D eigenvalue weighted by Crippen LogP contribution is 2.16. The molecule has 0 fully saturated rings. The number of hydrogen-bond donors (Lipinski definition) is 1. The van der Waals surface area contributed by atoms with Gasteiger partial charge in [0, 0.05) is 31.9 Å². The van der Waals surface area contributed by atoms with E-state index in [4.69, 9.17) is 19.3 Å². The molecule has 0 aliphatic carbocycles. The Bertz CT molecular complexity index is 1030. The summed E-state index contributed by atoms with van der Waals surface area (Å²) < 4.78 is 16.4. The van der Waals surface area contributed by atoms with Crippen molar-refractivity contribution < 1.29 is 28.9 Å². The van der Waals surface area contributed by atoms with Crippen LogP contribution in [0.4, 0.5) is 0 Å². The molecule has 0 bridgehead atoms. The number of carboxylic acids is 1. The van der Waals surface area contributed by atoms with Crippen molar-refractivity contribution >= 4 is 11.8 Å². The summed E-state index contributed by atoms with van der Waals surface area (Å²) >= 11 is 0. The van der Waals surface area contributed by atoms with E-state index in [0.29, 0.717) is 43.8 Å². The molecule has 34 heavy (non-hydrogen) atoms. The average molecular weight is 463 g/mol. The maximum atomic E-state index is 12.4. The van der Waals surface area contributed by atoms with Crippen LogP contribution in [0.3, 0.4) is 0 Å². The number of methoxy groups -OCH3 is 1. The summed E-state index contributed by atoms with van der Waals surface area (Å²) in [6.07, 6.45) is 1.36. The van der Waals surface area contributed by atoms with Crippen LogP contribution < -0.4 is 9.47 Å². The molecule has 0 spiro atoms. The zero-order valence-electron chi connectivity index (χ0n) is 19.3. The standard InChI is InChI=1S/C28H30O6/c1-32-27(28(30)31)20-22-8-13-24(14-9-22)33-18-5-19-34-25-15-11-23(12-16-25)26(29)17-10-21-6-3-2-4-7-21/h2-4,6-9,11-16,27H,5,10,17-20H2,1H3,(H,30,31). The van der Waals surface area contributed by atoms with Gasteiger partial charge in [-0.2, -0.15) is 0 Å². The SMILES string of the molecule is COC(Cc1ccc(OCCCOc2ccc(C(=O)CCc3ccccc3)cc2)cc1)C(=O)O. The third-order valence-electron chi connectivity index (χ3n) is 5.39. The number of aryl methyl sites for hydroxylation is 1. The van der Waals surface area contributed by atoms with Gasteiger partial charge in [-0.05, 0) is 53.9 Å². The molecule has 0 amide bonds. The van der Waals surface area contributed by atoms with Gasteiger partial charge in [0.25, 0.3) is 0 Å². The van der Waals surface area contributed by atoms with Crippen LogP contribution in [0.15, 0.2) is 78.9 Å². The summed E-state index contributed by atoms with van der Waals surface area (Å²) in [6, 6.07) is 24.5. The summed E-state index contributed by atoms with van der Waals surface area (Å²) in [4.78, 5) is 23.4. The summed E-state index contributed by atoms with van der Waals surface area (Å²) in [5, 5.41) is 9.06. The number of aliphatic carboxylic acids is 1. The van der Waals surface area contributed by atoms with Gasteiger partial charge in [0.15, 0.2) is 11.9 Å². The number of benzene rings is 3. The molecule has 0 saturated carbocycles. The predicted octanol–water partition coefficient (Wildman–Crippen LogP) is 4.99. The van der Waals surface area contributed by atoms with E-state index in [2.05, 4.69) is 0 Å². The first-order chi connectivity index (χ1) is 16.5. The van der Waals surface area contributed by atoms with E-state index in [1.807, 2.05) is 66.7 Å². The molecule has 6 heteroatoms. The van der Waals surface area contributed by atoms with Gasteiger partial charge in [-0.25, -0.2) is 4.79 Å². The minimum Gasteiger partial charge on any atom is -0.493 e. The molecule has 1 atom stereocenters. The summed E-state index contributed by atoms with van der Waals surface area (Å²) in [6.45, 7) is 0.985. The van der Waals surface area contributed by atoms with Crippen LogP contribution in [0, 0.1) is 0 Å². The Morgan fingerprint density at radius 3 is 1.94 bits per heavy atom. The largest absolute Gasteiger partial charge is 0.493 e. The van der Waals surface area contributed by atoms with Crippen molar-refractivity contribution in [3.63, 3.8) is 0 Å². The number of rotatable bonds is 14. The molecule has 0 aliphatic rings. The molecule has 0 aliphatic heterocycles. The number of carbonyl (C=O) groups is 2. The smallest absolute Gasteiger partial charge is 0.333 e. The number of ether oxygens (including phenoxy) is 3. The molecule has 178 valence electrons. The van der Waals surface area contributed by atoms with Crippen molar-refractivity contribution in [2.24, 2.45) is 0 Å². The summed E-state index contributed by atoms with van der Waals surface area (Å²) in [7, 11) is 1.39. The average Bonchev–Trinajstić information content (AvgIpc) is 2.87. The normalized spacial score (nSPS) is 11.6. The van der Waals surface area contributed by atoms with Gasteiger partial charge in [-0.1, -0.05) is 42.5 Å². The summed E-state index contributed by atoms with van der Waals surface area (Å²) in [5.41, 5.74) is 2.72. The lowest BCUT2D eigenvalue weighted by atomic mass is 10.0. The molecule has 0 saturated heterocycles. The topological polar surface area (TPSA) is 82.1 Å². The molecule has 3 rings (SSSR count). The van der Waals surface area contributed by atoms with E-state index in [1.54, 1.807) is 12.1 Å². The monoisotopic (exact) mass is 462 g/mol. The Kier molecular flexibility index (Phi) is 9.67. The second-order valence-electron chi connectivity index (χ2n) is 7.89. The van der Waals surface area contributed by atoms with Gasteiger partial charge in [0.1, 0.15) is 11.5 Å². The van der Waals surface area contributed by atoms with Crippen LogP contribution in [-0.4, -0.2) is 43.3 Å². The maximum Gasteiger partial charge on any atom is 0.333 e. The number of ketones is 1.